The average Bonchev–Trinajstić information content (AvgIpc) is 2.33. The molecule has 0 aromatic carbocycles. The summed E-state index contributed by atoms with van der Waals surface area (Å²) in [6.45, 7) is 4.63. The third-order valence-electron chi connectivity index (χ3n) is 2.70. The molecule has 0 aliphatic rings. The zero-order chi connectivity index (χ0) is 13.7. The summed E-state index contributed by atoms with van der Waals surface area (Å²) in [5, 5.41) is 0. The van der Waals surface area contributed by atoms with Gasteiger partial charge >= 0.3 is 10.4 Å². The van der Waals surface area contributed by atoms with Crippen LogP contribution in [0.25, 0.3) is 0 Å². The lowest BCUT2D eigenvalue weighted by Crippen LogP contribution is -2.11. The van der Waals surface area contributed by atoms with Crippen LogP contribution in [0.4, 0.5) is 0 Å². The monoisotopic (exact) mass is 280 g/mol. The van der Waals surface area contributed by atoms with Gasteiger partial charge in [0.2, 0.25) is 0 Å². The van der Waals surface area contributed by atoms with E-state index in [-0.39, 0.29) is 13.2 Å². The van der Waals surface area contributed by atoms with E-state index in [1.807, 2.05) is 6.92 Å². The van der Waals surface area contributed by atoms with Gasteiger partial charge < -0.3 is 0 Å². The summed E-state index contributed by atoms with van der Waals surface area (Å²) in [6, 6.07) is 0. The van der Waals surface area contributed by atoms with Gasteiger partial charge in [-0.05, 0) is 12.8 Å². The average molecular weight is 280 g/mol. The lowest BCUT2D eigenvalue weighted by Gasteiger charge is -2.05. The van der Waals surface area contributed by atoms with Gasteiger partial charge in [0.15, 0.2) is 0 Å². The molecule has 0 spiro atoms. The summed E-state index contributed by atoms with van der Waals surface area (Å²) < 4.78 is 31.9. The van der Waals surface area contributed by atoms with Crippen molar-refractivity contribution in [3.63, 3.8) is 0 Å². The lowest BCUT2D eigenvalue weighted by molar-refractivity contribution is 0.209. The molecule has 0 aromatic heterocycles. The van der Waals surface area contributed by atoms with Crippen LogP contribution in [0.5, 0.6) is 0 Å². The predicted octanol–water partition coefficient (Wildman–Crippen LogP) is 3.82. The standard InChI is InChI=1S/C13H28O4S/c1-3-5-7-8-9-10-11-13-17-18(14,15)16-12-6-4-2/h3-13H2,1-2H3. The smallest absolute Gasteiger partial charge is 0.248 e. The molecule has 0 amide bonds. The molecule has 0 aliphatic carbocycles. The van der Waals surface area contributed by atoms with Crippen LogP contribution in [0.3, 0.4) is 0 Å². The molecule has 4 nitrogen and oxygen atoms in total. The predicted molar refractivity (Wildman–Crippen MR) is 73.7 cm³/mol. The van der Waals surface area contributed by atoms with E-state index < -0.39 is 10.4 Å². The Hall–Kier alpha value is -0.130. The largest absolute Gasteiger partial charge is 0.399 e. The Labute approximate surface area is 112 Å². The van der Waals surface area contributed by atoms with E-state index in [2.05, 4.69) is 11.1 Å². The maximum atomic E-state index is 11.2. The molecule has 0 rings (SSSR count). The van der Waals surface area contributed by atoms with Crippen LogP contribution in [-0.4, -0.2) is 21.6 Å². The van der Waals surface area contributed by atoms with Crippen molar-refractivity contribution in [3.8, 4) is 0 Å². The topological polar surface area (TPSA) is 52.6 Å². The van der Waals surface area contributed by atoms with E-state index in [1.165, 1.54) is 25.7 Å². The molecule has 0 bridgehead atoms. The lowest BCUT2D eigenvalue weighted by atomic mass is 10.1. The van der Waals surface area contributed by atoms with Gasteiger partial charge in [-0.1, -0.05) is 58.8 Å². The van der Waals surface area contributed by atoms with Crippen molar-refractivity contribution in [1.82, 2.24) is 0 Å². The van der Waals surface area contributed by atoms with Gasteiger partial charge in [0.05, 0.1) is 13.2 Å². The molecule has 0 aliphatic heterocycles. The summed E-state index contributed by atoms with van der Waals surface area (Å²) in [7, 11) is -3.76. The molecular weight excluding hydrogens is 252 g/mol. The van der Waals surface area contributed by atoms with Gasteiger partial charge in [0, 0.05) is 0 Å². The minimum atomic E-state index is -3.76. The number of hydrogen-bond donors (Lipinski definition) is 0. The van der Waals surface area contributed by atoms with Gasteiger partial charge in [-0.25, -0.2) is 8.37 Å². The summed E-state index contributed by atoms with van der Waals surface area (Å²) in [5.74, 6) is 0. The van der Waals surface area contributed by atoms with Gasteiger partial charge in [-0.2, -0.15) is 8.42 Å². The zero-order valence-electron chi connectivity index (χ0n) is 11.8. The fourth-order valence-corrected chi connectivity index (χ4v) is 2.27. The zero-order valence-corrected chi connectivity index (χ0v) is 12.6. The summed E-state index contributed by atoms with van der Waals surface area (Å²) in [4.78, 5) is 0. The quantitative estimate of drug-likeness (QED) is 0.481. The Morgan fingerprint density at radius 1 is 0.667 bits per heavy atom. The first-order chi connectivity index (χ1) is 8.62. The third kappa shape index (κ3) is 12.3. The molecule has 0 unspecified atom stereocenters. The highest BCUT2D eigenvalue weighted by atomic mass is 32.3. The van der Waals surface area contributed by atoms with Crippen LogP contribution in [0.2, 0.25) is 0 Å². The number of rotatable bonds is 13. The van der Waals surface area contributed by atoms with Crippen LogP contribution < -0.4 is 0 Å². The summed E-state index contributed by atoms with van der Waals surface area (Å²) in [5.41, 5.74) is 0. The minimum Gasteiger partial charge on any atom is -0.248 e. The molecule has 5 heteroatoms. The Balaban J connectivity index is 3.36. The second-order valence-corrected chi connectivity index (χ2v) is 5.81. The van der Waals surface area contributed by atoms with E-state index in [4.69, 9.17) is 4.18 Å². The van der Waals surface area contributed by atoms with Gasteiger partial charge in [-0.3, -0.25) is 0 Å². The highest BCUT2D eigenvalue weighted by Gasteiger charge is 2.10. The van der Waals surface area contributed by atoms with Crippen molar-refractivity contribution < 1.29 is 16.8 Å². The molecule has 0 heterocycles. The first-order valence-electron chi connectivity index (χ1n) is 7.16. The molecule has 0 aromatic rings. The Morgan fingerprint density at radius 2 is 1.11 bits per heavy atom. The fourth-order valence-electron chi connectivity index (χ4n) is 1.56. The molecule has 0 N–H and O–H groups in total. The first kappa shape index (κ1) is 17.9. The van der Waals surface area contributed by atoms with Crippen molar-refractivity contribution in [3.05, 3.63) is 0 Å². The second-order valence-electron chi connectivity index (χ2n) is 4.53. The molecule has 0 saturated heterocycles. The SMILES string of the molecule is CCCCCCCCCOS(=O)(=O)OCCCC. The van der Waals surface area contributed by atoms with Crippen LogP contribution in [0, 0.1) is 0 Å². The molecule has 110 valence electrons. The van der Waals surface area contributed by atoms with Crippen LogP contribution in [-0.2, 0) is 18.8 Å². The Bertz CT molecular complexity index is 262. The van der Waals surface area contributed by atoms with Crippen molar-refractivity contribution >= 4 is 10.4 Å². The minimum absolute atomic E-state index is 0.218. The van der Waals surface area contributed by atoms with E-state index in [1.54, 1.807) is 0 Å². The molecule has 0 atom stereocenters. The highest BCUT2D eigenvalue weighted by molar-refractivity contribution is 7.81. The summed E-state index contributed by atoms with van der Waals surface area (Å²) >= 11 is 0. The molecule has 0 saturated carbocycles. The van der Waals surface area contributed by atoms with Crippen molar-refractivity contribution in [2.45, 2.75) is 71.6 Å². The maximum absolute atomic E-state index is 11.2. The van der Waals surface area contributed by atoms with E-state index in [0.717, 1.165) is 32.1 Å². The Kier molecular flexibility index (Phi) is 11.8. The van der Waals surface area contributed by atoms with E-state index in [9.17, 15) is 8.42 Å². The molecule has 0 fully saturated rings. The van der Waals surface area contributed by atoms with Gasteiger partial charge in [0.1, 0.15) is 0 Å². The normalized spacial score (nSPS) is 11.9. The molecular formula is C13H28O4S. The van der Waals surface area contributed by atoms with Crippen LogP contribution in [0.15, 0.2) is 0 Å². The van der Waals surface area contributed by atoms with Gasteiger partial charge in [-0.15, -0.1) is 0 Å². The van der Waals surface area contributed by atoms with Crippen molar-refractivity contribution in [1.29, 1.82) is 0 Å². The van der Waals surface area contributed by atoms with E-state index in [0.29, 0.717) is 0 Å². The number of hydrogen-bond acceptors (Lipinski definition) is 4. The fraction of sp³-hybridized carbons (Fsp3) is 1.00. The van der Waals surface area contributed by atoms with Crippen LogP contribution in [0.1, 0.15) is 71.6 Å². The first-order valence-corrected chi connectivity index (χ1v) is 8.49. The number of unbranched alkanes of at least 4 members (excludes halogenated alkanes) is 7. The third-order valence-corrected chi connectivity index (χ3v) is 3.61. The summed E-state index contributed by atoms with van der Waals surface area (Å²) in [6.07, 6.45) is 9.64. The van der Waals surface area contributed by atoms with Crippen molar-refractivity contribution in [2.24, 2.45) is 0 Å². The Morgan fingerprint density at radius 3 is 1.67 bits per heavy atom. The maximum Gasteiger partial charge on any atom is 0.399 e. The second kappa shape index (κ2) is 11.9. The van der Waals surface area contributed by atoms with Crippen LogP contribution >= 0.6 is 0 Å². The highest BCUT2D eigenvalue weighted by Crippen LogP contribution is 2.08. The van der Waals surface area contributed by atoms with Crippen molar-refractivity contribution in [2.75, 3.05) is 13.2 Å². The molecule has 18 heavy (non-hydrogen) atoms. The molecule has 0 radical (unpaired) electrons. The van der Waals surface area contributed by atoms with Gasteiger partial charge in [0.25, 0.3) is 0 Å². The van der Waals surface area contributed by atoms with E-state index >= 15 is 0 Å².